The van der Waals surface area contributed by atoms with Crippen molar-refractivity contribution in [1.29, 1.82) is 0 Å². The van der Waals surface area contributed by atoms with Crippen LogP contribution in [0.4, 0.5) is 27.1 Å². The van der Waals surface area contributed by atoms with Gasteiger partial charge in [-0.05, 0) is 13.0 Å². The Morgan fingerprint density at radius 2 is 2.08 bits per heavy atom. The second kappa shape index (κ2) is 8.21. The van der Waals surface area contributed by atoms with Crippen molar-refractivity contribution >= 4 is 28.7 Å². The average Bonchev–Trinajstić information content (AvgIpc) is 2.95. The van der Waals surface area contributed by atoms with E-state index in [4.69, 9.17) is 4.74 Å². The molecule has 5 nitrogen and oxygen atoms in total. The Hall–Kier alpha value is -2.56. The number of anilines is 1. The number of alkyl halides is 3. The van der Waals surface area contributed by atoms with E-state index in [0.717, 1.165) is 17.6 Å². The maximum absolute atomic E-state index is 13.6. The summed E-state index contributed by atoms with van der Waals surface area (Å²) in [4.78, 5) is 15.3. The zero-order valence-corrected chi connectivity index (χ0v) is 14.0. The number of halogens is 5. The van der Waals surface area contributed by atoms with Gasteiger partial charge in [-0.25, -0.2) is 13.8 Å². The molecule has 1 aromatic heterocycles. The van der Waals surface area contributed by atoms with E-state index in [0.29, 0.717) is 11.8 Å². The lowest BCUT2D eigenvalue weighted by Crippen LogP contribution is -2.10. The minimum absolute atomic E-state index is 0.0444. The van der Waals surface area contributed by atoms with E-state index in [2.05, 4.69) is 15.5 Å². The molecule has 1 N–H and O–H groups in total. The SMILES string of the molecule is CCOC(=O)Cc1csc(NN=Cc2cc(C(F)(F)F)c(F)cc2F)n1. The van der Waals surface area contributed by atoms with E-state index < -0.39 is 34.9 Å². The number of carbonyl (C=O) groups excluding carboxylic acids is 1. The van der Waals surface area contributed by atoms with Gasteiger partial charge in [0.1, 0.15) is 11.6 Å². The molecule has 0 atom stereocenters. The third-order valence-electron chi connectivity index (χ3n) is 2.94. The highest BCUT2D eigenvalue weighted by atomic mass is 32.1. The number of rotatable bonds is 6. The van der Waals surface area contributed by atoms with Crippen molar-refractivity contribution in [3.63, 3.8) is 0 Å². The largest absolute Gasteiger partial charge is 0.466 e. The summed E-state index contributed by atoms with van der Waals surface area (Å²) in [6.45, 7) is 1.90. The lowest BCUT2D eigenvalue weighted by atomic mass is 10.1. The number of benzene rings is 1. The first-order valence-corrected chi connectivity index (χ1v) is 8.04. The number of nitrogens with zero attached hydrogens (tertiary/aromatic N) is 2. The average molecular weight is 393 g/mol. The number of thiazole rings is 1. The number of nitrogens with one attached hydrogen (secondary N) is 1. The molecule has 0 aliphatic heterocycles. The van der Waals surface area contributed by atoms with E-state index in [1.807, 2.05) is 0 Å². The minimum atomic E-state index is -4.95. The molecule has 2 aromatic rings. The number of ether oxygens (including phenoxy) is 1. The van der Waals surface area contributed by atoms with Crippen LogP contribution in [-0.2, 0) is 22.1 Å². The van der Waals surface area contributed by atoms with Gasteiger partial charge in [-0.1, -0.05) is 0 Å². The van der Waals surface area contributed by atoms with Crippen LogP contribution in [0.25, 0.3) is 0 Å². The molecular formula is C15H12F5N3O2S. The van der Waals surface area contributed by atoms with Gasteiger partial charge in [0, 0.05) is 17.0 Å². The van der Waals surface area contributed by atoms with Crippen molar-refractivity contribution in [2.75, 3.05) is 12.0 Å². The number of carbonyl (C=O) groups is 1. The zero-order valence-electron chi connectivity index (χ0n) is 13.2. The summed E-state index contributed by atoms with van der Waals surface area (Å²) < 4.78 is 69.5. The van der Waals surface area contributed by atoms with Gasteiger partial charge in [-0.15, -0.1) is 11.3 Å². The molecule has 0 radical (unpaired) electrons. The number of hydrazone groups is 1. The molecule has 11 heteroatoms. The van der Waals surface area contributed by atoms with Crippen LogP contribution < -0.4 is 5.43 Å². The summed E-state index contributed by atoms with van der Waals surface area (Å²) in [7, 11) is 0. The summed E-state index contributed by atoms with van der Waals surface area (Å²) in [5.74, 6) is -3.35. The fourth-order valence-corrected chi connectivity index (χ4v) is 2.50. The number of aromatic nitrogens is 1. The summed E-state index contributed by atoms with van der Waals surface area (Å²) in [5, 5.41) is 5.38. The molecule has 0 aliphatic rings. The smallest absolute Gasteiger partial charge is 0.419 e. The summed E-state index contributed by atoms with van der Waals surface area (Å²) in [6.07, 6.45) is -4.22. The highest BCUT2D eigenvalue weighted by Gasteiger charge is 2.34. The van der Waals surface area contributed by atoms with Crippen molar-refractivity contribution < 1.29 is 31.5 Å². The quantitative estimate of drug-likeness (QED) is 0.349. The van der Waals surface area contributed by atoms with E-state index in [1.54, 1.807) is 12.3 Å². The molecule has 0 saturated carbocycles. The van der Waals surface area contributed by atoms with Gasteiger partial charge in [0.25, 0.3) is 0 Å². The molecular weight excluding hydrogens is 381 g/mol. The first kappa shape index (κ1) is 19.8. The molecule has 2 rings (SSSR count). The predicted octanol–water partition coefficient (Wildman–Crippen LogP) is 3.99. The maximum Gasteiger partial charge on any atom is 0.419 e. The Balaban J connectivity index is 2.07. The van der Waals surface area contributed by atoms with Gasteiger partial charge in [0.2, 0.25) is 5.13 Å². The van der Waals surface area contributed by atoms with Crippen molar-refractivity contribution in [3.05, 3.63) is 46.0 Å². The molecule has 0 amide bonds. The molecule has 0 fully saturated rings. The third kappa shape index (κ3) is 5.22. The van der Waals surface area contributed by atoms with Crippen molar-refractivity contribution in [2.24, 2.45) is 5.10 Å². The minimum Gasteiger partial charge on any atom is -0.466 e. The van der Waals surface area contributed by atoms with E-state index in [9.17, 15) is 26.7 Å². The second-order valence-corrected chi connectivity index (χ2v) is 5.71. The maximum atomic E-state index is 13.6. The standard InChI is InChI=1S/C15H12F5N3O2S/c1-2-25-13(24)4-9-7-26-14(22-9)23-21-6-8-3-10(15(18,19)20)12(17)5-11(8)16/h3,5-7H,2,4H2,1H3,(H,22,23). The summed E-state index contributed by atoms with van der Waals surface area (Å²) in [6, 6.07) is 0.467. The molecule has 0 aliphatic carbocycles. The fourth-order valence-electron chi connectivity index (χ4n) is 1.84. The molecule has 140 valence electrons. The van der Waals surface area contributed by atoms with E-state index in [1.165, 1.54) is 0 Å². The van der Waals surface area contributed by atoms with Gasteiger partial charge in [-0.3, -0.25) is 10.2 Å². The second-order valence-electron chi connectivity index (χ2n) is 4.85. The van der Waals surface area contributed by atoms with Gasteiger partial charge in [0.15, 0.2) is 0 Å². The van der Waals surface area contributed by atoms with Crippen molar-refractivity contribution in [3.8, 4) is 0 Å². The zero-order chi connectivity index (χ0) is 19.3. The van der Waals surface area contributed by atoms with Crippen LogP contribution in [0.2, 0.25) is 0 Å². The monoisotopic (exact) mass is 393 g/mol. The molecule has 0 bridgehead atoms. The van der Waals surface area contributed by atoms with Crippen LogP contribution in [0.5, 0.6) is 0 Å². The van der Waals surface area contributed by atoms with Crippen LogP contribution in [0.1, 0.15) is 23.7 Å². The Morgan fingerprint density at radius 1 is 1.35 bits per heavy atom. The Bertz CT molecular complexity index is 820. The van der Waals surface area contributed by atoms with Gasteiger partial charge < -0.3 is 4.74 Å². The predicted molar refractivity (Wildman–Crippen MR) is 85.0 cm³/mol. The van der Waals surface area contributed by atoms with Crippen molar-refractivity contribution in [2.45, 2.75) is 19.5 Å². The van der Waals surface area contributed by atoms with Gasteiger partial charge in [-0.2, -0.15) is 18.3 Å². The molecule has 0 unspecified atom stereocenters. The van der Waals surface area contributed by atoms with Crippen LogP contribution in [0, 0.1) is 11.6 Å². The normalized spacial score (nSPS) is 11.8. The first-order chi connectivity index (χ1) is 12.2. The highest BCUT2D eigenvalue weighted by molar-refractivity contribution is 7.13. The third-order valence-corrected chi connectivity index (χ3v) is 3.73. The summed E-state index contributed by atoms with van der Waals surface area (Å²) in [5.41, 5.74) is 0.679. The number of hydrogen-bond donors (Lipinski definition) is 1. The first-order valence-electron chi connectivity index (χ1n) is 7.16. The Morgan fingerprint density at radius 3 is 2.73 bits per heavy atom. The number of esters is 1. The Kier molecular flexibility index (Phi) is 6.24. The molecule has 26 heavy (non-hydrogen) atoms. The number of hydrogen-bond acceptors (Lipinski definition) is 6. The molecule has 0 spiro atoms. The van der Waals surface area contributed by atoms with E-state index >= 15 is 0 Å². The molecule has 1 heterocycles. The van der Waals surface area contributed by atoms with Gasteiger partial charge in [0.05, 0.1) is 30.5 Å². The lowest BCUT2D eigenvalue weighted by molar-refractivity contribution is -0.142. The van der Waals surface area contributed by atoms with Crippen LogP contribution in [0.3, 0.4) is 0 Å². The van der Waals surface area contributed by atoms with E-state index in [-0.39, 0.29) is 24.2 Å². The topological polar surface area (TPSA) is 63.6 Å². The summed E-state index contributed by atoms with van der Waals surface area (Å²) >= 11 is 1.08. The molecule has 1 aromatic carbocycles. The van der Waals surface area contributed by atoms with Gasteiger partial charge >= 0.3 is 12.1 Å². The highest BCUT2D eigenvalue weighted by Crippen LogP contribution is 2.32. The fraction of sp³-hybridized carbons (Fsp3) is 0.267. The lowest BCUT2D eigenvalue weighted by Gasteiger charge is -2.09. The van der Waals surface area contributed by atoms with Crippen LogP contribution in [0.15, 0.2) is 22.6 Å². The molecule has 0 saturated heterocycles. The van der Waals surface area contributed by atoms with Crippen LogP contribution in [-0.4, -0.2) is 23.8 Å². The van der Waals surface area contributed by atoms with Crippen LogP contribution >= 0.6 is 11.3 Å². The van der Waals surface area contributed by atoms with Crippen molar-refractivity contribution in [1.82, 2.24) is 4.98 Å². The Labute approximate surface area is 148 Å².